The van der Waals surface area contributed by atoms with Gasteiger partial charge in [0.05, 0.1) is 0 Å². The lowest BCUT2D eigenvalue weighted by Crippen LogP contribution is -1.90. The fraction of sp³-hybridized carbons (Fsp3) is 1.00. The van der Waals surface area contributed by atoms with Crippen LogP contribution >= 0.6 is 6.56 Å². The molecule has 0 aromatic carbocycles. The summed E-state index contributed by atoms with van der Waals surface area (Å²) in [6, 6.07) is 0. The first kappa shape index (κ1) is 6.67. The molecule has 0 aromatic heterocycles. The van der Waals surface area contributed by atoms with E-state index >= 15 is 0 Å². The molecule has 0 atom stereocenters. The van der Waals surface area contributed by atoms with Crippen molar-refractivity contribution in [1.29, 1.82) is 0 Å². The van der Waals surface area contributed by atoms with Crippen molar-refractivity contribution < 1.29 is 4.21 Å². The third-order valence-electron chi connectivity index (χ3n) is 0.197. The predicted octanol–water partition coefficient (Wildman–Crippen LogP) is 0.586. The zero-order valence-corrected chi connectivity index (χ0v) is 6.32. The fourth-order valence-corrected chi connectivity index (χ4v) is 0. The highest BCUT2D eigenvalue weighted by atomic mass is 32.9. The Hall–Kier alpha value is 0.670. The van der Waals surface area contributed by atoms with Crippen LogP contribution in [0.15, 0.2) is 0 Å². The summed E-state index contributed by atoms with van der Waals surface area (Å²) in [6.07, 6.45) is 3.36. The van der Waals surface area contributed by atoms with Gasteiger partial charge >= 0.3 is 0 Å². The van der Waals surface area contributed by atoms with Crippen LogP contribution in [0, 0.1) is 0 Å². The minimum Gasteiger partial charge on any atom is -0.277 e. The van der Waals surface area contributed by atoms with Crippen molar-refractivity contribution in [2.24, 2.45) is 0 Å². The topological polar surface area (TPSA) is 17.1 Å². The van der Waals surface area contributed by atoms with E-state index in [9.17, 15) is 4.21 Å². The Balaban J connectivity index is 3.81. The van der Waals surface area contributed by atoms with Crippen molar-refractivity contribution in [3.63, 3.8) is 0 Å². The zero-order chi connectivity index (χ0) is 5.21. The van der Waals surface area contributed by atoms with E-state index in [0.717, 1.165) is 0 Å². The Bertz CT molecular complexity index is 93.7. The molecule has 0 saturated heterocycles. The molecule has 0 spiro atoms. The van der Waals surface area contributed by atoms with Crippen LogP contribution in [0.1, 0.15) is 0 Å². The molecule has 6 heavy (non-hydrogen) atoms. The highest BCUT2D eigenvalue weighted by Crippen LogP contribution is 2.09. The summed E-state index contributed by atoms with van der Waals surface area (Å²) in [6.45, 7) is 0.613. The van der Waals surface area contributed by atoms with Gasteiger partial charge < -0.3 is 0 Å². The molecule has 0 aliphatic rings. The van der Waals surface area contributed by atoms with E-state index in [1.807, 2.05) is 0 Å². The Morgan fingerprint density at radius 3 is 1.83 bits per heavy atom. The number of rotatable bonds is 1. The molecule has 0 unspecified atom stereocenters. The molecule has 0 heterocycles. The van der Waals surface area contributed by atoms with Gasteiger partial charge in [0, 0.05) is 6.56 Å². The molecule has 0 N–H and O–H groups in total. The predicted molar refractivity (Wildman–Crippen MR) is 35.7 cm³/mol. The van der Waals surface area contributed by atoms with E-state index in [1.165, 1.54) is 0 Å². The summed E-state index contributed by atoms with van der Waals surface area (Å²) in [5.41, 5.74) is 0. The first-order valence-corrected chi connectivity index (χ1v) is 6.67. The number of hydrogen-bond donors (Lipinski definition) is 1. The van der Waals surface area contributed by atoms with Crippen LogP contribution in [0.25, 0.3) is 0 Å². The Labute approximate surface area is 45.1 Å². The summed E-state index contributed by atoms with van der Waals surface area (Å²) in [5, 5.41) is 0. The molecule has 0 bridgehead atoms. The van der Waals surface area contributed by atoms with Gasteiger partial charge in [0.25, 0.3) is 0 Å². The Morgan fingerprint density at radius 2 is 1.83 bits per heavy atom. The molecular weight excluding hydrogens is 135 g/mol. The molecule has 38 valence electrons. The van der Waals surface area contributed by atoms with Crippen LogP contribution in [0.2, 0.25) is 0 Å². The number of hydrogen-bond acceptors (Lipinski definition) is 2. The summed E-state index contributed by atoms with van der Waals surface area (Å²) >= 11 is 4.50. The Morgan fingerprint density at radius 1 is 1.67 bits per heavy atom. The summed E-state index contributed by atoms with van der Waals surface area (Å²) in [5.74, 6) is 0. The van der Waals surface area contributed by atoms with E-state index in [4.69, 9.17) is 0 Å². The van der Waals surface area contributed by atoms with E-state index in [1.54, 1.807) is 12.5 Å². The fourth-order valence-electron chi connectivity index (χ4n) is 0. The average molecular weight is 142 g/mol. The molecule has 0 saturated carbocycles. The van der Waals surface area contributed by atoms with Crippen molar-refractivity contribution in [1.82, 2.24) is 0 Å². The lowest BCUT2D eigenvalue weighted by atomic mass is 11.9. The highest BCUT2D eigenvalue weighted by Gasteiger charge is 1.88. The smallest absolute Gasteiger partial charge is 0.0494 e. The maximum absolute atomic E-state index is 10.5. The normalized spacial score (nSPS) is 15.0. The minimum atomic E-state index is -1.86. The summed E-state index contributed by atoms with van der Waals surface area (Å²) in [4.78, 5) is 0. The first-order chi connectivity index (χ1) is 2.56. The van der Waals surface area contributed by atoms with Gasteiger partial charge in [0.2, 0.25) is 0 Å². The van der Waals surface area contributed by atoms with Crippen molar-refractivity contribution in [3.8, 4) is 0 Å². The molecule has 0 fully saturated rings. The highest BCUT2D eigenvalue weighted by molar-refractivity contribution is 8.58. The third-order valence-corrected chi connectivity index (χ3v) is 5.31. The number of thiol groups is 1. The van der Waals surface area contributed by atoms with Crippen molar-refractivity contribution >= 4 is 27.9 Å². The van der Waals surface area contributed by atoms with Crippen molar-refractivity contribution in [2.45, 2.75) is 0 Å². The van der Waals surface area contributed by atoms with Crippen LogP contribution < -0.4 is 0 Å². The first-order valence-electron chi connectivity index (χ1n) is 1.46. The molecule has 1 nitrogen and oxygen atoms in total. The largest absolute Gasteiger partial charge is 0.277 e. The van der Waals surface area contributed by atoms with E-state index < -0.39 is 9.55 Å². The second-order valence-electron chi connectivity index (χ2n) is 1.38. The van der Waals surface area contributed by atoms with Crippen molar-refractivity contribution in [2.75, 3.05) is 12.5 Å². The van der Waals surface area contributed by atoms with Crippen LogP contribution in [-0.2, 0) is 21.4 Å². The maximum atomic E-state index is 10.5. The molecule has 0 aromatic rings. The quantitative estimate of drug-likeness (QED) is 0.426. The summed E-state index contributed by atoms with van der Waals surface area (Å²) < 4.78 is 10.5. The lowest BCUT2D eigenvalue weighted by molar-refractivity contribution is 0.688. The van der Waals surface area contributed by atoms with Gasteiger partial charge in [-0.05, 0) is 24.3 Å². The van der Waals surface area contributed by atoms with Gasteiger partial charge in [0.1, 0.15) is 0 Å². The lowest BCUT2D eigenvalue weighted by Gasteiger charge is -1.95. The van der Waals surface area contributed by atoms with Crippen LogP contribution in [0.4, 0.5) is 0 Å². The molecule has 0 aliphatic heterocycles. The van der Waals surface area contributed by atoms with E-state index in [0.29, 0.717) is 6.56 Å². The summed E-state index contributed by atoms with van der Waals surface area (Å²) in [7, 11) is -1.86. The van der Waals surface area contributed by atoms with Gasteiger partial charge in [-0.3, -0.25) is 4.21 Å². The molecule has 0 aliphatic carbocycles. The van der Waals surface area contributed by atoms with Crippen molar-refractivity contribution in [3.05, 3.63) is 0 Å². The van der Waals surface area contributed by atoms with Crippen LogP contribution in [0.3, 0.4) is 0 Å². The third kappa shape index (κ3) is 4.67. The minimum absolute atomic E-state index is 0.613. The van der Waals surface area contributed by atoms with E-state index in [2.05, 4.69) is 11.8 Å². The second-order valence-corrected chi connectivity index (χ2v) is 8.98. The monoisotopic (exact) mass is 142 g/mol. The molecule has 0 rings (SSSR count). The SMILES string of the molecule is C[SH](C)(=O)P=S. The molecule has 4 heteroatoms. The zero-order valence-electron chi connectivity index (χ0n) is 3.71. The van der Waals surface area contributed by atoms with E-state index in [-0.39, 0.29) is 0 Å². The Kier molecular flexibility index (Phi) is 2.34. The maximum Gasteiger partial charge on any atom is 0.0494 e. The van der Waals surface area contributed by atoms with Gasteiger partial charge in [-0.1, -0.05) is 9.55 Å². The standard InChI is InChI=1S/C2H7OPS2/c1-6(2,3)4-5/h6H,1-2H3. The van der Waals surface area contributed by atoms with Gasteiger partial charge in [-0.15, -0.1) is 0 Å². The van der Waals surface area contributed by atoms with Gasteiger partial charge in [0.15, 0.2) is 0 Å². The molecule has 0 radical (unpaired) electrons. The van der Waals surface area contributed by atoms with Gasteiger partial charge in [-0.25, -0.2) is 0 Å². The average Bonchev–Trinajstić information content (AvgIpc) is 1.35. The second kappa shape index (κ2) is 2.10. The molecular formula is C2H7OPS2. The van der Waals surface area contributed by atoms with Crippen LogP contribution in [0.5, 0.6) is 0 Å². The van der Waals surface area contributed by atoms with Crippen LogP contribution in [-0.4, -0.2) is 16.7 Å². The molecule has 0 amide bonds. The van der Waals surface area contributed by atoms with Gasteiger partial charge in [-0.2, -0.15) is 0 Å².